The Bertz CT molecular complexity index is 1550. The molecule has 0 saturated carbocycles. The summed E-state index contributed by atoms with van der Waals surface area (Å²) < 4.78 is 1.84. The molecule has 194 valence electrons. The van der Waals surface area contributed by atoms with Crippen LogP contribution in [0.25, 0.3) is 11.0 Å². The molecule has 1 fully saturated rings. The zero-order valence-electron chi connectivity index (χ0n) is 21.4. The first kappa shape index (κ1) is 24.0. The van der Waals surface area contributed by atoms with E-state index in [-0.39, 0.29) is 29.7 Å². The fraction of sp³-hybridized carbons (Fsp3) is 0.300. The van der Waals surface area contributed by atoms with Gasteiger partial charge in [-0.2, -0.15) is 0 Å². The first-order chi connectivity index (χ1) is 18.5. The summed E-state index contributed by atoms with van der Waals surface area (Å²) in [7, 11) is 0. The van der Waals surface area contributed by atoms with Crippen molar-refractivity contribution in [3.8, 4) is 0 Å². The number of hydrogen-bond acceptors (Lipinski definition) is 4. The van der Waals surface area contributed by atoms with Crippen LogP contribution in [-0.2, 0) is 0 Å². The minimum Gasteiger partial charge on any atom is -0.361 e. The number of imidazole rings is 1. The first-order valence-corrected chi connectivity index (χ1v) is 13.3. The van der Waals surface area contributed by atoms with Gasteiger partial charge in [0.05, 0.1) is 11.0 Å². The number of aromatic nitrogens is 2. The molecule has 3 aromatic carbocycles. The van der Waals surface area contributed by atoms with E-state index in [1.165, 1.54) is 0 Å². The van der Waals surface area contributed by atoms with E-state index in [4.69, 9.17) is 0 Å². The monoisotopic (exact) mass is 509 g/mol. The third kappa shape index (κ3) is 4.16. The van der Waals surface area contributed by atoms with Gasteiger partial charge >= 0.3 is 5.69 Å². The minimum atomic E-state index is -0.229. The number of piperidine rings is 1. The van der Waals surface area contributed by atoms with Crippen LogP contribution < -0.4 is 11.0 Å². The molecular formula is C30H31N5O3. The summed E-state index contributed by atoms with van der Waals surface area (Å²) in [4.78, 5) is 45.4. The third-order valence-corrected chi connectivity index (χ3v) is 7.70. The Morgan fingerprint density at radius 2 is 1.66 bits per heavy atom. The van der Waals surface area contributed by atoms with E-state index in [0.29, 0.717) is 25.2 Å². The molecule has 0 spiro atoms. The van der Waals surface area contributed by atoms with Gasteiger partial charge in [0.25, 0.3) is 11.8 Å². The molecule has 0 aliphatic carbocycles. The lowest BCUT2D eigenvalue weighted by molar-refractivity contribution is 0.0694. The van der Waals surface area contributed by atoms with E-state index in [1.54, 1.807) is 0 Å². The molecule has 1 saturated heterocycles. The van der Waals surface area contributed by atoms with Gasteiger partial charge in [0.1, 0.15) is 6.17 Å². The number of rotatable bonds is 6. The van der Waals surface area contributed by atoms with Crippen LogP contribution in [0.2, 0.25) is 0 Å². The molecule has 0 radical (unpaired) electrons. The van der Waals surface area contributed by atoms with Crippen LogP contribution in [0, 0.1) is 0 Å². The van der Waals surface area contributed by atoms with Gasteiger partial charge in [-0.15, -0.1) is 0 Å². The summed E-state index contributed by atoms with van der Waals surface area (Å²) in [5.41, 5.74) is 4.86. The predicted molar refractivity (Wildman–Crippen MR) is 147 cm³/mol. The lowest BCUT2D eigenvalue weighted by Crippen LogP contribution is -2.40. The van der Waals surface area contributed by atoms with Crippen molar-refractivity contribution >= 4 is 28.5 Å². The molecule has 38 heavy (non-hydrogen) atoms. The van der Waals surface area contributed by atoms with Gasteiger partial charge in [-0.3, -0.25) is 14.2 Å². The minimum absolute atomic E-state index is 0.00438. The van der Waals surface area contributed by atoms with E-state index in [2.05, 4.69) is 17.2 Å². The molecule has 2 amide bonds. The summed E-state index contributed by atoms with van der Waals surface area (Å²) in [5, 5.41) is 3.49. The van der Waals surface area contributed by atoms with Gasteiger partial charge in [0.2, 0.25) is 0 Å². The smallest absolute Gasteiger partial charge is 0.326 e. The second-order valence-corrected chi connectivity index (χ2v) is 10.1. The standard InChI is InChI=1S/C30H31N5O3/c1-2-17-34-27(23-7-3-4-8-24(23)29(34)37)31-21-13-11-20(12-14-21)28(36)33-18-15-22(16-19-33)35-26-10-6-5-9-25(26)32-30(35)38/h3-14,22,27,31H,2,15-19H2,1H3,(H,32,38). The number of aromatic amines is 1. The van der Waals surface area contributed by atoms with Crippen molar-refractivity contribution in [3.05, 3.63) is 100.0 Å². The van der Waals surface area contributed by atoms with Crippen molar-refractivity contribution in [2.45, 2.75) is 38.4 Å². The van der Waals surface area contributed by atoms with Gasteiger partial charge < -0.3 is 20.1 Å². The Morgan fingerprint density at radius 1 is 0.947 bits per heavy atom. The largest absolute Gasteiger partial charge is 0.361 e. The quantitative estimate of drug-likeness (QED) is 0.391. The number of carbonyl (C=O) groups excluding carboxylic acids is 2. The molecule has 6 rings (SSSR count). The van der Waals surface area contributed by atoms with Crippen LogP contribution in [0.5, 0.6) is 0 Å². The van der Waals surface area contributed by atoms with Gasteiger partial charge in [0, 0.05) is 48.1 Å². The molecule has 2 N–H and O–H groups in total. The SMILES string of the molecule is CCCN1C(=O)c2ccccc2C1Nc1ccc(C(=O)N2CCC(n3c(=O)[nH]c4ccccc43)CC2)cc1. The lowest BCUT2D eigenvalue weighted by atomic mass is 10.0. The number of para-hydroxylation sites is 2. The van der Waals surface area contributed by atoms with Crippen LogP contribution >= 0.6 is 0 Å². The second kappa shape index (κ2) is 9.85. The molecule has 0 bridgehead atoms. The van der Waals surface area contributed by atoms with E-state index < -0.39 is 0 Å². The highest BCUT2D eigenvalue weighted by molar-refractivity contribution is 5.99. The fourth-order valence-corrected chi connectivity index (χ4v) is 5.81. The van der Waals surface area contributed by atoms with Crippen LogP contribution in [0.3, 0.4) is 0 Å². The van der Waals surface area contributed by atoms with E-state index in [9.17, 15) is 14.4 Å². The van der Waals surface area contributed by atoms with Gasteiger partial charge in [0.15, 0.2) is 0 Å². The average molecular weight is 510 g/mol. The van der Waals surface area contributed by atoms with Gasteiger partial charge in [-0.05, 0) is 61.7 Å². The fourth-order valence-electron chi connectivity index (χ4n) is 5.81. The average Bonchev–Trinajstić information content (AvgIpc) is 3.42. The maximum Gasteiger partial charge on any atom is 0.326 e. The Kier molecular flexibility index (Phi) is 6.23. The van der Waals surface area contributed by atoms with Crippen LogP contribution in [-0.4, -0.2) is 50.8 Å². The molecule has 2 aliphatic rings. The summed E-state index contributed by atoms with van der Waals surface area (Å²) >= 11 is 0. The Labute approximate surface area is 220 Å². The molecule has 2 aliphatic heterocycles. The van der Waals surface area contributed by atoms with E-state index in [1.807, 2.05) is 87.2 Å². The first-order valence-electron chi connectivity index (χ1n) is 13.3. The van der Waals surface area contributed by atoms with Crippen molar-refractivity contribution < 1.29 is 9.59 Å². The summed E-state index contributed by atoms with van der Waals surface area (Å²) in [6.07, 6.45) is 2.11. The van der Waals surface area contributed by atoms with Crippen molar-refractivity contribution in [1.29, 1.82) is 0 Å². The summed E-state index contributed by atoms with van der Waals surface area (Å²) in [6, 6.07) is 23.0. The number of nitrogens with zero attached hydrogens (tertiary/aromatic N) is 3. The maximum absolute atomic E-state index is 13.2. The number of benzene rings is 3. The summed E-state index contributed by atoms with van der Waals surface area (Å²) in [5.74, 6) is 0.0420. The van der Waals surface area contributed by atoms with Crippen molar-refractivity contribution in [2.24, 2.45) is 0 Å². The molecule has 8 nitrogen and oxygen atoms in total. The number of anilines is 1. The van der Waals surface area contributed by atoms with Gasteiger partial charge in [-0.25, -0.2) is 4.79 Å². The highest BCUT2D eigenvalue weighted by Gasteiger charge is 2.35. The van der Waals surface area contributed by atoms with E-state index >= 15 is 0 Å². The second-order valence-electron chi connectivity index (χ2n) is 10.1. The zero-order valence-corrected chi connectivity index (χ0v) is 21.4. The van der Waals surface area contributed by atoms with Crippen LogP contribution in [0.1, 0.15) is 64.7 Å². The normalized spacial score (nSPS) is 17.7. The molecule has 4 aromatic rings. The number of hydrogen-bond donors (Lipinski definition) is 2. The van der Waals surface area contributed by atoms with Crippen molar-refractivity contribution in [3.63, 3.8) is 0 Å². The Balaban J connectivity index is 1.13. The van der Waals surface area contributed by atoms with Crippen LogP contribution in [0.4, 0.5) is 5.69 Å². The molecule has 3 heterocycles. The predicted octanol–water partition coefficient (Wildman–Crippen LogP) is 4.78. The molecule has 1 atom stereocenters. The molecule has 8 heteroatoms. The lowest BCUT2D eigenvalue weighted by Gasteiger charge is -2.32. The number of nitrogens with one attached hydrogen (secondary N) is 2. The van der Waals surface area contributed by atoms with Crippen LogP contribution in [0.15, 0.2) is 77.6 Å². The number of amides is 2. The third-order valence-electron chi connectivity index (χ3n) is 7.70. The summed E-state index contributed by atoms with van der Waals surface area (Å²) in [6.45, 7) is 3.93. The van der Waals surface area contributed by atoms with Gasteiger partial charge in [-0.1, -0.05) is 37.3 Å². The Morgan fingerprint density at radius 3 is 2.42 bits per heavy atom. The topological polar surface area (TPSA) is 90.4 Å². The Hall–Kier alpha value is -4.33. The highest BCUT2D eigenvalue weighted by atomic mass is 16.2. The number of carbonyl (C=O) groups is 2. The number of H-pyrrole nitrogens is 1. The zero-order chi connectivity index (χ0) is 26.2. The molecule has 1 aromatic heterocycles. The van der Waals surface area contributed by atoms with Crippen molar-refractivity contribution in [1.82, 2.24) is 19.4 Å². The van der Waals surface area contributed by atoms with E-state index in [0.717, 1.165) is 47.1 Å². The maximum atomic E-state index is 13.2. The molecule has 1 unspecified atom stereocenters. The highest BCUT2D eigenvalue weighted by Crippen LogP contribution is 2.34. The van der Waals surface area contributed by atoms with Crippen molar-refractivity contribution in [2.75, 3.05) is 25.0 Å². The molecular weight excluding hydrogens is 478 g/mol. The number of likely N-dealkylation sites (tertiary alicyclic amines) is 1. The number of fused-ring (bicyclic) bond motifs is 2.